The standard InChI is InChI=1S/C71H46N2O2/c1-43-29-34-46(35-30-43)72(62-25-13-21-56-53-18-7-11-27-65(53)74-69(56)62)48-38-40-49-45(41-48)33-39-58-67-55-20-4-3-17-52(55)64(42-61(67)71(68(49)58)59-23-9-5-15-50(59)51-16-6-10-24-60(51)71)73(47-36-31-44(2)32-37-47)63-26-14-22-57-54-19-8-12-28-66(54)75-70(57)63/h3-42H,1-2H3. The summed E-state index contributed by atoms with van der Waals surface area (Å²) in [5, 5.41) is 9.16. The van der Waals surface area contributed by atoms with Gasteiger partial charge in [-0.3, -0.25) is 0 Å². The molecular formula is C71H46N2O2. The average molecular weight is 959 g/mol. The summed E-state index contributed by atoms with van der Waals surface area (Å²) in [6.07, 6.45) is 0. The van der Waals surface area contributed by atoms with Crippen molar-refractivity contribution >= 4 is 99.5 Å². The van der Waals surface area contributed by atoms with Gasteiger partial charge in [0, 0.05) is 44.0 Å². The normalized spacial score (nSPS) is 13.0. The van der Waals surface area contributed by atoms with Crippen molar-refractivity contribution in [2.24, 2.45) is 0 Å². The maximum atomic E-state index is 6.89. The van der Waals surface area contributed by atoms with Crippen LogP contribution in [-0.2, 0) is 5.41 Å². The number of hydrogen-bond donors (Lipinski definition) is 0. The van der Waals surface area contributed by atoms with E-state index in [0.717, 1.165) is 88.8 Å². The molecule has 0 atom stereocenters. The molecular weight excluding hydrogens is 913 g/mol. The van der Waals surface area contributed by atoms with Crippen molar-refractivity contribution in [1.29, 1.82) is 0 Å². The molecule has 0 unspecified atom stereocenters. The van der Waals surface area contributed by atoms with Gasteiger partial charge in [0.1, 0.15) is 11.2 Å². The lowest BCUT2D eigenvalue weighted by Gasteiger charge is -2.33. The molecule has 0 bridgehead atoms. The van der Waals surface area contributed by atoms with Crippen molar-refractivity contribution in [3.05, 3.63) is 276 Å². The number of benzene rings is 12. The SMILES string of the molecule is Cc1ccc(N(c2ccc3c4c(ccc3c2)-c2c(cc(N(c3ccc(C)cc3)c3cccc5c3oc3ccccc35)c3ccccc23)C42c3ccccc3-c3ccccc32)c2cccc3c2oc2ccccc23)cc1. The Hall–Kier alpha value is -9.64. The molecule has 12 aromatic carbocycles. The first-order chi connectivity index (χ1) is 37.0. The average Bonchev–Trinajstić information content (AvgIpc) is 4.41. The molecule has 4 heteroatoms. The van der Waals surface area contributed by atoms with Gasteiger partial charge in [-0.2, -0.15) is 0 Å². The van der Waals surface area contributed by atoms with Gasteiger partial charge in [-0.15, -0.1) is 0 Å². The largest absolute Gasteiger partial charge is 0.454 e. The number of para-hydroxylation sites is 4. The first kappa shape index (κ1) is 41.9. The van der Waals surface area contributed by atoms with E-state index in [1.165, 1.54) is 66.4 Å². The molecule has 4 nitrogen and oxygen atoms in total. The van der Waals surface area contributed by atoms with Gasteiger partial charge in [-0.05, 0) is 141 Å². The van der Waals surface area contributed by atoms with Crippen molar-refractivity contribution in [2.75, 3.05) is 9.80 Å². The van der Waals surface area contributed by atoms with Gasteiger partial charge >= 0.3 is 0 Å². The minimum absolute atomic E-state index is 0.668. The number of rotatable bonds is 6. The highest BCUT2D eigenvalue weighted by atomic mass is 16.3. The Bertz CT molecular complexity index is 4650. The lowest BCUT2D eigenvalue weighted by molar-refractivity contribution is 0.668. The van der Waals surface area contributed by atoms with Crippen LogP contribution < -0.4 is 9.80 Å². The number of anilines is 6. The third-order valence-corrected chi connectivity index (χ3v) is 16.4. The van der Waals surface area contributed by atoms with Crippen LogP contribution in [0.15, 0.2) is 251 Å². The number of hydrogen-bond acceptors (Lipinski definition) is 4. The molecule has 0 fully saturated rings. The van der Waals surface area contributed by atoms with E-state index in [1.807, 2.05) is 6.07 Å². The molecule has 16 rings (SSSR count). The zero-order valence-corrected chi connectivity index (χ0v) is 41.3. The second-order valence-electron chi connectivity index (χ2n) is 20.4. The van der Waals surface area contributed by atoms with Crippen molar-refractivity contribution < 1.29 is 8.83 Å². The van der Waals surface area contributed by atoms with Crippen molar-refractivity contribution in [3.8, 4) is 22.3 Å². The van der Waals surface area contributed by atoms with E-state index in [-0.39, 0.29) is 0 Å². The highest BCUT2D eigenvalue weighted by Gasteiger charge is 2.53. The van der Waals surface area contributed by atoms with E-state index >= 15 is 0 Å². The van der Waals surface area contributed by atoms with Crippen LogP contribution in [0.2, 0.25) is 0 Å². The molecule has 0 aliphatic heterocycles. The van der Waals surface area contributed by atoms with Crippen LogP contribution >= 0.6 is 0 Å². The van der Waals surface area contributed by atoms with Gasteiger partial charge in [0.2, 0.25) is 0 Å². The van der Waals surface area contributed by atoms with Gasteiger partial charge in [0.05, 0.1) is 22.5 Å². The molecule has 2 heterocycles. The minimum Gasteiger partial charge on any atom is -0.454 e. The quantitative estimate of drug-likeness (QED) is 0.166. The Labute approximate surface area is 433 Å². The smallest absolute Gasteiger partial charge is 0.159 e. The number of furan rings is 2. The molecule has 0 saturated heterocycles. The van der Waals surface area contributed by atoms with Crippen LogP contribution in [0.1, 0.15) is 33.4 Å². The number of nitrogens with zero attached hydrogens (tertiary/aromatic N) is 2. The Balaban J connectivity index is 0.990. The topological polar surface area (TPSA) is 32.8 Å². The highest BCUT2D eigenvalue weighted by molar-refractivity contribution is 6.17. The molecule has 1 spiro atoms. The number of fused-ring (bicyclic) bond motifs is 20. The molecule has 0 N–H and O–H groups in total. The van der Waals surface area contributed by atoms with Gasteiger partial charge in [-0.1, -0.05) is 187 Å². The predicted molar refractivity (Wildman–Crippen MR) is 311 cm³/mol. The summed E-state index contributed by atoms with van der Waals surface area (Å²) >= 11 is 0. The van der Waals surface area contributed by atoms with E-state index in [2.05, 4.69) is 260 Å². The second-order valence-corrected chi connectivity index (χ2v) is 20.4. The van der Waals surface area contributed by atoms with Crippen molar-refractivity contribution in [2.45, 2.75) is 19.3 Å². The second kappa shape index (κ2) is 15.7. The van der Waals surface area contributed by atoms with Gasteiger partial charge in [0.25, 0.3) is 0 Å². The summed E-state index contributed by atoms with van der Waals surface area (Å²) in [7, 11) is 0. The summed E-state index contributed by atoms with van der Waals surface area (Å²) in [5.41, 5.74) is 21.7. The van der Waals surface area contributed by atoms with Crippen LogP contribution in [0.5, 0.6) is 0 Å². The van der Waals surface area contributed by atoms with Crippen LogP contribution in [0.4, 0.5) is 34.1 Å². The molecule has 2 aliphatic rings. The summed E-state index contributed by atoms with van der Waals surface area (Å²) in [4.78, 5) is 4.81. The fourth-order valence-corrected chi connectivity index (χ4v) is 13.2. The Morgan fingerprint density at radius 1 is 0.320 bits per heavy atom. The fraction of sp³-hybridized carbons (Fsp3) is 0.0423. The third-order valence-electron chi connectivity index (χ3n) is 16.4. The summed E-state index contributed by atoms with van der Waals surface area (Å²) in [6, 6.07) is 89.3. The van der Waals surface area contributed by atoms with Crippen LogP contribution in [0.25, 0.3) is 87.7 Å². The summed E-state index contributed by atoms with van der Waals surface area (Å²) < 4.78 is 13.6. The monoisotopic (exact) mass is 958 g/mol. The Kier molecular flexibility index (Phi) is 8.77. The first-order valence-corrected chi connectivity index (χ1v) is 25.9. The van der Waals surface area contributed by atoms with Gasteiger partial charge < -0.3 is 18.6 Å². The molecule has 352 valence electrons. The van der Waals surface area contributed by atoms with E-state index < -0.39 is 5.41 Å². The van der Waals surface area contributed by atoms with E-state index in [9.17, 15) is 0 Å². The van der Waals surface area contributed by atoms with Crippen LogP contribution in [0, 0.1) is 13.8 Å². The summed E-state index contributed by atoms with van der Waals surface area (Å²) in [6.45, 7) is 4.30. The molecule has 2 aliphatic carbocycles. The lowest BCUT2D eigenvalue weighted by Crippen LogP contribution is -2.26. The molecule has 0 amide bonds. The van der Waals surface area contributed by atoms with Crippen molar-refractivity contribution in [1.82, 2.24) is 0 Å². The van der Waals surface area contributed by atoms with E-state index in [4.69, 9.17) is 8.83 Å². The lowest BCUT2D eigenvalue weighted by atomic mass is 9.69. The maximum Gasteiger partial charge on any atom is 0.159 e. The Morgan fingerprint density at radius 2 is 0.813 bits per heavy atom. The van der Waals surface area contributed by atoms with Crippen LogP contribution in [0.3, 0.4) is 0 Å². The molecule has 0 saturated carbocycles. The third kappa shape index (κ3) is 5.82. The number of aryl methyl sites for hydroxylation is 2. The zero-order chi connectivity index (χ0) is 49.5. The molecule has 14 aromatic rings. The molecule has 0 radical (unpaired) electrons. The van der Waals surface area contributed by atoms with E-state index in [0.29, 0.717) is 0 Å². The highest BCUT2D eigenvalue weighted by Crippen LogP contribution is 2.66. The first-order valence-electron chi connectivity index (χ1n) is 25.9. The zero-order valence-electron chi connectivity index (χ0n) is 41.3. The van der Waals surface area contributed by atoms with Gasteiger partial charge in [0.15, 0.2) is 11.2 Å². The fourth-order valence-electron chi connectivity index (χ4n) is 13.2. The van der Waals surface area contributed by atoms with Crippen LogP contribution in [-0.4, -0.2) is 0 Å². The molecule has 75 heavy (non-hydrogen) atoms. The van der Waals surface area contributed by atoms with E-state index in [1.54, 1.807) is 0 Å². The van der Waals surface area contributed by atoms with Crippen molar-refractivity contribution in [3.63, 3.8) is 0 Å². The molecule has 2 aromatic heterocycles. The Morgan fingerprint density at radius 3 is 1.43 bits per heavy atom. The van der Waals surface area contributed by atoms with Gasteiger partial charge in [-0.25, -0.2) is 0 Å². The summed E-state index contributed by atoms with van der Waals surface area (Å²) in [5.74, 6) is 0. The minimum atomic E-state index is -0.668. The maximum absolute atomic E-state index is 6.89. The predicted octanol–water partition coefficient (Wildman–Crippen LogP) is 19.7.